The van der Waals surface area contributed by atoms with E-state index in [1.165, 1.54) is 0 Å². The highest BCUT2D eigenvalue weighted by Gasteiger charge is 2.15. The van der Waals surface area contributed by atoms with Crippen LogP contribution in [0.4, 0.5) is 0 Å². The van der Waals surface area contributed by atoms with Gasteiger partial charge in [-0.1, -0.05) is 0 Å². The summed E-state index contributed by atoms with van der Waals surface area (Å²) in [6, 6.07) is 0. The molecular weight excluding hydrogens is 192 g/mol. The summed E-state index contributed by atoms with van der Waals surface area (Å²) in [4.78, 5) is 4.37. The molecular formula is C10H18N4O. The van der Waals surface area contributed by atoms with Crippen LogP contribution in [-0.2, 0) is 0 Å². The number of hydrogen-bond acceptors (Lipinski definition) is 5. The van der Waals surface area contributed by atoms with Gasteiger partial charge in [-0.2, -0.15) is 5.10 Å². The Balaban J connectivity index is 2.64. The molecule has 3 N–H and O–H groups in total. The molecule has 84 valence electrons. The van der Waals surface area contributed by atoms with Crippen molar-refractivity contribution in [3.63, 3.8) is 0 Å². The minimum absolute atomic E-state index is 0.00108. The third-order valence-electron chi connectivity index (χ3n) is 2.08. The van der Waals surface area contributed by atoms with Gasteiger partial charge in [0.1, 0.15) is 12.4 Å². The standard InChI is InChI=1S/C10H18N4O/c1-7-6-8(2)14(9(3)13-7)12-5-4-10(11)15/h5-6,9-10,15H,4,11H2,1-3H3/b12-5-. The highest BCUT2D eigenvalue weighted by Crippen LogP contribution is 2.15. The van der Waals surface area contributed by atoms with Crippen molar-refractivity contribution in [2.75, 3.05) is 0 Å². The van der Waals surface area contributed by atoms with Crippen molar-refractivity contribution in [1.29, 1.82) is 0 Å². The van der Waals surface area contributed by atoms with Crippen molar-refractivity contribution in [2.45, 2.75) is 39.6 Å². The predicted octanol–water partition coefficient (Wildman–Crippen LogP) is 0.666. The smallest absolute Gasteiger partial charge is 0.139 e. The molecule has 0 spiro atoms. The molecule has 2 unspecified atom stereocenters. The van der Waals surface area contributed by atoms with Crippen LogP contribution in [0, 0.1) is 0 Å². The van der Waals surface area contributed by atoms with E-state index in [1.807, 2.05) is 26.8 Å². The van der Waals surface area contributed by atoms with Gasteiger partial charge in [0, 0.05) is 24.0 Å². The fourth-order valence-electron chi connectivity index (χ4n) is 1.48. The highest BCUT2D eigenvalue weighted by atomic mass is 16.3. The van der Waals surface area contributed by atoms with Gasteiger partial charge in [-0.15, -0.1) is 0 Å². The average Bonchev–Trinajstić information content (AvgIpc) is 2.08. The topological polar surface area (TPSA) is 74.2 Å². The number of allylic oxidation sites excluding steroid dienone is 2. The number of rotatable bonds is 3. The number of aliphatic hydroxyl groups is 1. The van der Waals surface area contributed by atoms with Gasteiger partial charge in [-0.3, -0.25) is 4.99 Å². The van der Waals surface area contributed by atoms with Crippen LogP contribution < -0.4 is 5.73 Å². The van der Waals surface area contributed by atoms with Gasteiger partial charge in [0.15, 0.2) is 0 Å². The fourth-order valence-corrected chi connectivity index (χ4v) is 1.48. The Labute approximate surface area is 90.0 Å². The second kappa shape index (κ2) is 5.04. The molecule has 5 heteroatoms. The van der Waals surface area contributed by atoms with Crippen LogP contribution in [0.1, 0.15) is 27.2 Å². The molecule has 1 rings (SSSR count). The van der Waals surface area contributed by atoms with E-state index < -0.39 is 6.23 Å². The van der Waals surface area contributed by atoms with Crippen LogP contribution in [0.25, 0.3) is 0 Å². The Morgan fingerprint density at radius 2 is 2.40 bits per heavy atom. The maximum absolute atomic E-state index is 8.88. The second-order valence-corrected chi connectivity index (χ2v) is 3.63. The summed E-state index contributed by atoms with van der Waals surface area (Å²) >= 11 is 0. The molecule has 0 aromatic carbocycles. The van der Waals surface area contributed by atoms with Crippen molar-refractivity contribution < 1.29 is 5.11 Å². The van der Waals surface area contributed by atoms with Gasteiger partial charge in [0.25, 0.3) is 0 Å². The Morgan fingerprint density at radius 1 is 1.73 bits per heavy atom. The van der Waals surface area contributed by atoms with Crippen LogP contribution in [0.3, 0.4) is 0 Å². The van der Waals surface area contributed by atoms with E-state index in [-0.39, 0.29) is 6.17 Å². The molecule has 0 bridgehead atoms. The van der Waals surface area contributed by atoms with Crippen molar-refractivity contribution >= 4 is 11.9 Å². The molecule has 0 amide bonds. The van der Waals surface area contributed by atoms with Gasteiger partial charge in [0.05, 0.1) is 0 Å². The molecule has 0 aromatic rings. The fraction of sp³-hybridized carbons (Fsp3) is 0.600. The second-order valence-electron chi connectivity index (χ2n) is 3.63. The molecule has 1 aliphatic rings. The Morgan fingerprint density at radius 3 is 2.93 bits per heavy atom. The van der Waals surface area contributed by atoms with E-state index in [1.54, 1.807) is 11.2 Å². The normalized spacial score (nSPS) is 24.1. The van der Waals surface area contributed by atoms with Crippen molar-refractivity contribution in [3.05, 3.63) is 11.8 Å². The maximum Gasteiger partial charge on any atom is 0.139 e. The number of nitrogens with two attached hydrogens (primary N) is 1. The van der Waals surface area contributed by atoms with E-state index in [2.05, 4.69) is 10.1 Å². The lowest BCUT2D eigenvalue weighted by Crippen LogP contribution is -2.29. The van der Waals surface area contributed by atoms with Gasteiger partial charge >= 0.3 is 0 Å². The number of hydrazone groups is 1. The van der Waals surface area contributed by atoms with E-state index in [0.29, 0.717) is 6.42 Å². The molecule has 1 heterocycles. The summed E-state index contributed by atoms with van der Waals surface area (Å²) in [7, 11) is 0. The first-order valence-corrected chi connectivity index (χ1v) is 4.98. The van der Waals surface area contributed by atoms with E-state index in [4.69, 9.17) is 10.8 Å². The minimum atomic E-state index is -0.844. The third-order valence-corrected chi connectivity index (χ3v) is 2.08. The monoisotopic (exact) mass is 210 g/mol. The lowest BCUT2D eigenvalue weighted by Gasteiger charge is -2.27. The zero-order valence-corrected chi connectivity index (χ0v) is 9.38. The van der Waals surface area contributed by atoms with Crippen LogP contribution in [0.5, 0.6) is 0 Å². The summed E-state index contributed by atoms with van der Waals surface area (Å²) in [6.45, 7) is 5.91. The van der Waals surface area contributed by atoms with Crippen LogP contribution in [0.15, 0.2) is 21.9 Å². The lowest BCUT2D eigenvalue weighted by molar-refractivity contribution is 0.190. The van der Waals surface area contributed by atoms with E-state index >= 15 is 0 Å². The highest BCUT2D eigenvalue weighted by molar-refractivity contribution is 5.93. The van der Waals surface area contributed by atoms with Gasteiger partial charge < -0.3 is 10.8 Å². The quantitative estimate of drug-likeness (QED) is 0.531. The van der Waals surface area contributed by atoms with Crippen molar-refractivity contribution in [2.24, 2.45) is 15.8 Å². The summed E-state index contributed by atoms with van der Waals surface area (Å²) < 4.78 is 0. The largest absolute Gasteiger partial charge is 0.378 e. The Bertz CT molecular complexity index is 307. The van der Waals surface area contributed by atoms with E-state index in [9.17, 15) is 0 Å². The van der Waals surface area contributed by atoms with Crippen LogP contribution in [-0.4, -0.2) is 34.4 Å². The molecule has 15 heavy (non-hydrogen) atoms. The number of hydrogen-bond donors (Lipinski definition) is 2. The van der Waals surface area contributed by atoms with Crippen molar-refractivity contribution in [1.82, 2.24) is 5.01 Å². The van der Waals surface area contributed by atoms with E-state index in [0.717, 1.165) is 11.4 Å². The number of nitrogens with zero attached hydrogens (tertiary/aromatic N) is 3. The maximum atomic E-state index is 8.88. The molecule has 0 saturated heterocycles. The van der Waals surface area contributed by atoms with Gasteiger partial charge in [0.2, 0.25) is 0 Å². The number of aliphatic imine (C=N–C) groups is 1. The lowest BCUT2D eigenvalue weighted by atomic mass is 10.2. The summed E-state index contributed by atoms with van der Waals surface area (Å²) in [5, 5.41) is 14.9. The average molecular weight is 210 g/mol. The first kappa shape index (κ1) is 11.9. The number of aliphatic hydroxyl groups excluding tert-OH is 1. The first-order chi connectivity index (χ1) is 7.00. The third kappa shape index (κ3) is 3.45. The van der Waals surface area contributed by atoms with Crippen LogP contribution >= 0.6 is 0 Å². The summed E-state index contributed by atoms with van der Waals surface area (Å²) in [6.07, 6.45) is 3.08. The van der Waals surface area contributed by atoms with Crippen LogP contribution in [0.2, 0.25) is 0 Å². The molecule has 0 aliphatic carbocycles. The Hall–Kier alpha value is -1.20. The zero-order valence-electron chi connectivity index (χ0n) is 9.38. The molecule has 5 nitrogen and oxygen atoms in total. The van der Waals surface area contributed by atoms with Crippen molar-refractivity contribution in [3.8, 4) is 0 Å². The molecule has 0 radical (unpaired) electrons. The molecule has 0 aromatic heterocycles. The van der Waals surface area contributed by atoms with Gasteiger partial charge in [-0.25, -0.2) is 5.01 Å². The zero-order chi connectivity index (χ0) is 11.4. The summed E-state index contributed by atoms with van der Waals surface area (Å²) in [5.41, 5.74) is 7.25. The molecule has 0 saturated carbocycles. The molecule has 0 fully saturated rings. The minimum Gasteiger partial charge on any atom is -0.378 e. The van der Waals surface area contributed by atoms with Gasteiger partial charge in [-0.05, 0) is 26.8 Å². The molecule has 1 aliphatic heterocycles. The molecule has 2 atom stereocenters. The predicted molar refractivity (Wildman–Crippen MR) is 61.5 cm³/mol. The summed E-state index contributed by atoms with van der Waals surface area (Å²) in [5.74, 6) is 0. The first-order valence-electron chi connectivity index (χ1n) is 4.98. The SMILES string of the molecule is CC1=CC(C)=NC(C)N1/N=C\CC(N)O. The Kier molecular flexibility index (Phi) is 3.99.